The molecule has 8 heteroatoms. The summed E-state index contributed by atoms with van der Waals surface area (Å²) < 4.78 is 25.8. The number of anilines is 1. The molecule has 4 aromatic rings. The fourth-order valence-electron chi connectivity index (χ4n) is 4.85. The second-order valence-corrected chi connectivity index (χ2v) is 9.82. The van der Waals surface area contributed by atoms with E-state index in [1.165, 1.54) is 18.2 Å². The molecule has 0 unspecified atom stereocenters. The summed E-state index contributed by atoms with van der Waals surface area (Å²) in [6, 6.07) is 15.2. The molecule has 0 bridgehead atoms. The van der Waals surface area contributed by atoms with Gasteiger partial charge in [0.2, 0.25) is 0 Å². The number of hydrogen-bond acceptors (Lipinski definition) is 4. The van der Waals surface area contributed by atoms with Gasteiger partial charge in [0.15, 0.2) is 5.75 Å². The van der Waals surface area contributed by atoms with E-state index in [2.05, 4.69) is 0 Å². The average molecular weight is 540 g/mol. The predicted molar refractivity (Wildman–Crippen MR) is 144 cm³/mol. The van der Waals surface area contributed by atoms with Crippen molar-refractivity contribution in [2.24, 2.45) is 0 Å². The second-order valence-electron chi connectivity index (χ2n) is 9.00. The van der Waals surface area contributed by atoms with Gasteiger partial charge in [-0.05, 0) is 54.7 Å². The lowest BCUT2D eigenvalue weighted by atomic mass is 9.95. The molecule has 0 radical (unpaired) electrons. The Morgan fingerprint density at radius 3 is 2.65 bits per heavy atom. The Balaban J connectivity index is 1.53. The highest BCUT2D eigenvalue weighted by Gasteiger charge is 2.25. The van der Waals surface area contributed by atoms with Crippen LogP contribution in [0.4, 0.5) is 14.9 Å². The predicted octanol–water partition coefficient (Wildman–Crippen LogP) is 7.73. The third kappa shape index (κ3) is 4.96. The van der Waals surface area contributed by atoms with E-state index in [0.29, 0.717) is 29.5 Å². The average Bonchev–Trinajstić information content (AvgIpc) is 2.88. The maximum absolute atomic E-state index is 14.5. The van der Waals surface area contributed by atoms with Crippen molar-refractivity contribution in [2.75, 3.05) is 11.4 Å². The van der Waals surface area contributed by atoms with E-state index in [9.17, 15) is 14.0 Å². The Kier molecular flexibility index (Phi) is 7.22. The SMILES string of the molecule is CCCc1c(Cc2c(F)cccc2Cl)c(=O)oc2cc(OC(=O)N3CCCc4ccccc43)c(Cl)cc12. The highest BCUT2D eigenvalue weighted by Crippen LogP contribution is 2.35. The van der Waals surface area contributed by atoms with Crippen LogP contribution in [-0.4, -0.2) is 12.6 Å². The number of rotatable bonds is 5. The molecule has 2 heterocycles. The molecule has 0 spiro atoms. The lowest BCUT2D eigenvalue weighted by Gasteiger charge is -2.28. The van der Waals surface area contributed by atoms with Gasteiger partial charge in [-0.1, -0.05) is 60.8 Å². The van der Waals surface area contributed by atoms with Crippen molar-refractivity contribution in [1.29, 1.82) is 0 Å². The molecule has 0 atom stereocenters. The standard InChI is InChI=1S/C29H24Cl2FNO4/c1-2-7-18-19-15-23(31)27(37-29(35)33-13-6-9-17-8-3-4-12-25(17)33)16-26(19)36-28(34)20(18)14-21-22(30)10-5-11-24(21)32/h3-5,8,10-12,15-16H,2,6-7,9,13-14H2,1H3. The van der Waals surface area contributed by atoms with Crippen molar-refractivity contribution in [1.82, 2.24) is 0 Å². The molecule has 1 aliphatic rings. The van der Waals surface area contributed by atoms with Gasteiger partial charge in [0, 0.05) is 40.6 Å². The van der Waals surface area contributed by atoms with Gasteiger partial charge in [-0.3, -0.25) is 4.90 Å². The number of aryl methyl sites for hydroxylation is 2. The van der Waals surface area contributed by atoms with Gasteiger partial charge < -0.3 is 9.15 Å². The monoisotopic (exact) mass is 539 g/mol. The van der Waals surface area contributed by atoms with Gasteiger partial charge in [-0.2, -0.15) is 0 Å². The van der Waals surface area contributed by atoms with Crippen molar-refractivity contribution < 1.29 is 18.3 Å². The van der Waals surface area contributed by atoms with E-state index in [4.69, 9.17) is 32.4 Å². The van der Waals surface area contributed by atoms with Gasteiger partial charge >= 0.3 is 11.7 Å². The van der Waals surface area contributed by atoms with Crippen molar-refractivity contribution in [3.8, 4) is 5.75 Å². The molecule has 1 amide bonds. The molecular formula is C29H24Cl2FNO4. The maximum Gasteiger partial charge on any atom is 0.419 e. The summed E-state index contributed by atoms with van der Waals surface area (Å²) in [5.74, 6) is -0.397. The van der Waals surface area contributed by atoms with Crippen LogP contribution in [0.5, 0.6) is 5.75 Å². The van der Waals surface area contributed by atoms with E-state index < -0.39 is 17.5 Å². The summed E-state index contributed by atoms with van der Waals surface area (Å²) in [5, 5.41) is 1.05. The molecule has 0 aliphatic carbocycles. The van der Waals surface area contributed by atoms with E-state index in [1.54, 1.807) is 17.0 Å². The topological polar surface area (TPSA) is 59.8 Å². The number of halogens is 3. The number of amides is 1. The van der Waals surface area contributed by atoms with Gasteiger partial charge in [0.25, 0.3) is 0 Å². The van der Waals surface area contributed by atoms with Crippen LogP contribution < -0.4 is 15.3 Å². The summed E-state index contributed by atoms with van der Waals surface area (Å²) in [7, 11) is 0. The van der Waals surface area contributed by atoms with E-state index >= 15 is 0 Å². The fraction of sp³-hybridized carbons (Fsp3) is 0.241. The highest BCUT2D eigenvalue weighted by atomic mass is 35.5. The van der Waals surface area contributed by atoms with Crippen LogP contribution >= 0.6 is 23.2 Å². The minimum atomic E-state index is -0.597. The Labute approximate surface area is 223 Å². The summed E-state index contributed by atoms with van der Waals surface area (Å²) in [5.41, 5.74) is 2.79. The number of fused-ring (bicyclic) bond motifs is 2. The number of carbonyl (C=O) groups is 1. The second kappa shape index (κ2) is 10.6. The number of para-hydroxylation sites is 1. The summed E-state index contributed by atoms with van der Waals surface area (Å²) in [6.45, 7) is 2.51. The summed E-state index contributed by atoms with van der Waals surface area (Å²) >= 11 is 12.8. The molecule has 0 fully saturated rings. The molecule has 1 aliphatic heterocycles. The lowest BCUT2D eigenvalue weighted by molar-refractivity contribution is 0.207. The van der Waals surface area contributed by atoms with Crippen LogP contribution in [0, 0.1) is 5.82 Å². The molecule has 3 aromatic carbocycles. The zero-order valence-corrected chi connectivity index (χ0v) is 21.7. The van der Waals surface area contributed by atoms with Crippen LogP contribution in [-0.2, 0) is 19.3 Å². The van der Waals surface area contributed by atoms with Gasteiger partial charge in [-0.25, -0.2) is 14.0 Å². The molecule has 0 saturated carbocycles. The first-order valence-corrected chi connectivity index (χ1v) is 12.9. The molecule has 190 valence electrons. The Bertz CT molecular complexity index is 1550. The lowest BCUT2D eigenvalue weighted by Crippen LogP contribution is -2.37. The van der Waals surface area contributed by atoms with E-state index in [1.807, 2.05) is 31.2 Å². The van der Waals surface area contributed by atoms with Crippen molar-refractivity contribution >= 4 is 46.0 Å². The Hall–Kier alpha value is -3.35. The first kappa shape index (κ1) is 25.3. The maximum atomic E-state index is 14.5. The van der Waals surface area contributed by atoms with Crippen LogP contribution in [0.2, 0.25) is 10.0 Å². The first-order chi connectivity index (χ1) is 17.9. The van der Waals surface area contributed by atoms with E-state index in [-0.39, 0.29) is 33.4 Å². The normalized spacial score (nSPS) is 13.0. The van der Waals surface area contributed by atoms with Crippen LogP contribution in [0.1, 0.15) is 42.0 Å². The fourth-order valence-corrected chi connectivity index (χ4v) is 5.28. The smallest absolute Gasteiger partial charge is 0.419 e. The quantitative estimate of drug-likeness (QED) is 0.243. The van der Waals surface area contributed by atoms with Gasteiger partial charge in [0.1, 0.15) is 11.4 Å². The Morgan fingerprint density at radius 1 is 1.05 bits per heavy atom. The third-order valence-corrected chi connectivity index (χ3v) is 7.27. The zero-order valence-electron chi connectivity index (χ0n) is 20.2. The minimum absolute atomic E-state index is 0.0121. The number of ether oxygens (including phenoxy) is 1. The molecule has 5 nitrogen and oxygen atoms in total. The number of benzene rings is 3. The zero-order chi connectivity index (χ0) is 26.1. The highest BCUT2D eigenvalue weighted by molar-refractivity contribution is 6.33. The van der Waals surface area contributed by atoms with Gasteiger partial charge in [-0.15, -0.1) is 0 Å². The molecular weight excluding hydrogens is 516 g/mol. The van der Waals surface area contributed by atoms with Crippen LogP contribution in [0.15, 0.2) is 63.8 Å². The molecule has 5 rings (SSSR count). The van der Waals surface area contributed by atoms with Crippen molar-refractivity contribution in [3.05, 3.63) is 103 Å². The molecule has 37 heavy (non-hydrogen) atoms. The third-order valence-electron chi connectivity index (χ3n) is 6.62. The van der Waals surface area contributed by atoms with Crippen LogP contribution in [0.25, 0.3) is 11.0 Å². The summed E-state index contributed by atoms with van der Waals surface area (Å²) in [4.78, 5) is 27.7. The summed E-state index contributed by atoms with van der Waals surface area (Å²) in [6.07, 6.45) is 2.42. The number of carbonyl (C=O) groups excluding carboxylic acids is 1. The number of nitrogens with zero attached hydrogens (tertiary/aromatic N) is 1. The number of hydrogen-bond donors (Lipinski definition) is 0. The molecule has 0 N–H and O–H groups in total. The minimum Gasteiger partial charge on any atom is -0.422 e. The van der Waals surface area contributed by atoms with Crippen molar-refractivity contribution in [3.63, 3.8) is 0 Å². The Morgan fingerprint density at radius 2 is 1.86 bits per heavy atom. The van der Waals surface area contributed by atoms with Gasteiger partial charge in [0.05, 0.1) is 10.7 Å². The van der Waals surface area contributed by atoms with E-state index in [0.717, 1.165) is 30.5 Å². The van der Waals surface area contributed by atoms with Crippen molar-refractivity contribution in [2.45, 2.75) is 39.0 Å². The molecule has 1 aromatic heterocycles. The molecule has 0 saturated heterocycles. The first-order valence-electron chi connectivity index (χ1n) is 12.2. The van der Waals surface area contributed by atoms with Crippen LogP contribution in [0.3, 0.4) is 0 Å². The largest absolute Gasteiger partial charge is 0.422 e.